The van der Waals surface area contributed by atoms with E-state index < -0.39 is 0 Å². The fourth-order valence-electron chi connectivity index (χ4n) is 1.05. The highest BCUT2D eigenvalue weighted by atomic mass is 35.5. The van der Waals surface area contributed by atoms with E-state index in [0.29, 0.717) is 12.0 Å². The molecule has 1 rings (SSSR count). The molecule has 3 N–H and O–H groups in total. The molecule has 1 heterocycles. The Labute approximate surface area is 100 Å². The molecule has 0 atom stereocenters. The lowest BCUT2D eigenvalue weighted by Crippen LogP contribution is -2.31. The maximum absolute atomic E-state index is 5.65. The Balaban J connectivity index is 2.43. The zero-order valence-corrected chi connectivity index (χ0v) is 10.5. The second-order valence-electron chi connectivity index (χ2n) is 3.79. The quantitative estimate of drug-likeness (QED) is 0.800. The molecule has 0 saturated carbocycles. The molecule has 0 aliphatic rings. The highest BCUT2D eigenvalue weighted by Gasteiger charge is 2.04. The van der Waals surface area contributed by atoms with E-state index in [4.69, 9.17) is 17.3 Å². The minimum atomic E-state index is 0.104. The van der Waals surface area contributed by atoms with Crippen molar-refractivity contribution in [3.8, 4) is 0 Å². The van der Waals surface area contributed by atoms with Crippen LogP contribution in [0.4, 0.5) is 11.9 Å². The van der Waals surface area contributed by atoms with E-state index in [2.05, 4.69) is 46.1 Å². The summed E-state index contributed by atoms with van der Waals surface area (Å²) in [5.74, 6) is 0.536. The number of nitrogens with two attached hydrogens (primary N) is 1. The average Bonchev–Trinajstić information content (AvgIpc) is 2.15. The summed E-state index contributed by atoms with van der Waals surface area (Å²) in [5, 5.41) is 3.15. The number of hydrogen-bond donors (Lipinski definition) is 2. The summed E-state index contributed by atoms with van der Waals surface area (Å²) in [4.78, 5) is 13.7. The number of hydrogen-bond acceptors (Lipinski definition) is 6. The van der Waals surface area contributed by atoms with Crippen LogP contribution in [0.15, 0.2) is 0 Å². The van der Waals surface area contributed by atoms with Crippen LogP contribution < -0.4 is 11.1 Å². The lowest BCUT2D eigenvalue weighted by molar-refractivity contribution is 0.284. The lowest BCUT2D eigenvalue weighted by Gasteiger charge is -2.20. The molecule has 16 heavy (non-hydrogen) atoms. The molecule has 90 valence electrons. The summed E-state index contributed by atoms with van der Waals surface area (Å²) < 4.78 is 0. The Morgan fingerprint density at radius 2 is 2.06 bits per heavy atom. The van der Waals surface area contributed by atoms with Crippen molar-refractivity contribution in [3.63, 3.8) is 0 Å². The number of nitrogens with one attached hydrogen (secondary N) is 1. The molecule has 0 fully saturated rings. The minimum absolute atomic E-state index is 0.104. The van der Waals surface area contributed by atoms with E-state index in [-0.39, 0.29) is 11.2 Å². The first kappa shape index (κ1) is 12.9. The molecule has 0 bridgehead atoms. The third-order valence-electron chi connectivity index (χ3n) is 2.25. The minimum Gasteiger partial charge on any atom is -0.368 e. The maximum atomic E-state index is 5.65. The largest absolute Gasteiger partial charge is 0.368 e. The van der Waals surface area contributed by atoms with Gasteiger partial charge in [-0.05, 0) is 32.5 Å². The van der Waals surface area contributed by atoms with Crippen molar-refractivity contribution in [2.45, 2.75) is 19.9 Å². The molecule has 0 amide bonds. The fraction of sp³-hybridized carbons (Fsp3) is 0.667. The van der Waals surface area contributed by atoms with Gasteiger partial charge in [-0.3, -0.25) is 0 Å². The van der Waals surface area contributed by atoms with Crippen LogP contribution in [0.3, 0.4) is 0 Å². The molecule has 0 aromatic carbocycles. The van der Waals surface area contributed by atoms with Crippen LogP contribution in [0.2, 0.25) is 5.28 Å². The van der Waals surface area contributed by atoms with Gasteiger partial charge in [0.15, 0.2) is 0 Å². The maximum Gasteiger partial charge on any atom is 0.228 e. The second-order valence-corrected chi connectivity index (χ2v) is 4.13. The molecule has 0 aliphatic heterocycles. The van der Waals surface area contributed by atoms with Crippen molar-refractivity contribution in [3.05, 3.63) is 5.28 Å². The van der Waals surface area contributed by atoms with Gasteiger partial charge in [0, 0.05) is 19.1 Å². The molecule has 0 spiro atoms. The van der Waals surface area contributed by atoms with Crippen LogP contribution in [0, 0.1) is 0 Å². The summed E-state index contributed by atoms with van der Waals surface area (Å²) in [6, 6.07) is 0.508. The summed E-state index contributed by atoms with van der Waals surface area (Å²) in [7, 11) is 2.06. The number of nitrogen functional groups attached to an aromatic ring is 1. The van der Waals surface area contributed by atoms with Gasteiger partial charge in [-0.1, -0.05) is 0 Å². The van der Waals surface area contributed by atoms with Crippen LogP contribution in [0.25, 0.3) is 0 Å². The van der Waals surface area contributed by atoms with Crippen LogP contribution >= 0.6 is 11.6 Å². The van der Waals surface area contributed by atoms with Gasteiger partial charge in [-0.15, -0.1) is 0 Å². The molecule has 1 aromatic rings. The monoisotopic (exact) mass is 244 g/mol. The van der Waals surface area contributed by atoms with Gasteiger partial charge in [0.05, 0.1) is 0 Å². The summed E-state index contributed by atoms with van der Waals surface area (Å²) >= 11 is 5.65. The van der Waals surface area contributed by atoms with Crippen molar-refractivity contribution >= 4 is 23.5 Å². The first-order chi connectivity index (χ1) is 7.49. The third-order valence-corrected chi connectivity index (χ3v) is 2.42. The zero-order valence-electron chi connectivity index (χ0n) is 9.74. The normalized spacial score (nSPS) is 11.1. The Hall–Kier alpha value is -1.14. The second kappa shape index (κ2) is 5.81. The van der Waals surface area contributed by atoms with E-state index in [1.54, 1.807) is 0 Å². The van der Waals surface area contributed by atoms with Crippen molar-refractivity contribution in [1.82, 2.24) is 19.9 Å². The first-order valence-electron chi connectivity index (χ1n) is 5.10. The lowest BCUT2D eigenvalue weighted by atomic mass is 10.3. The van der Waals surface area contributed by atoms with Crippen molar-refractivity contribution in [2.75, 3.05) is 31.2 Å². The molecule has 0 radical (unpaired) electrons. The SMILES string of the molecule is CC(C)N(C)CCNc1nc(N)nc(Cl)n1. The molecule has 0 aliphatic carbocycles. The molecule has 1 aromatic heterocycles. The topological polar surface area (TPSA) is 80.0 Å². The summed E-state index contributed by atoms with van der Waals surface area (Å²) in [6.07, 6.45) is 0. The van der Waals surface area contributed by atoms with Gasteiger partial charge in [0.1, 0.15) is 0 Å². The number of halogens is 1. The Morgan fingerprint density at radius 3 is 2.62 bits per heavy atom. The molecular weight excluding hydrogens is 228 g/mol. The van der Waals surface area contributed by atoms with E-state index in [1.807, 2.05) is 0 Å². The fourth-order valence-corrected chi connectivity index (χ4v) is 1.21. The van der Waals surface area contributed by atoms with Gasteiger partial charge in [-0.25, -0.2) is 0 Å². The zero-order chi connectivity index (χ0) is 12.1. The highest BCUT2D eigenvalue weighted by Crippen LogP contribution is 2.06. The molecular formula is C9H17ClN6. The van der Waals surface area contributed by atoms with E-state index in [1.165, 1.54) is 0 Å². The van der Waals surface area contributed by atoms with E-state index in [0.717, 1.165) is 13.1 Å². The Bertz CT molecular complexity index is 323. The predicted molar refractivity (Wildman–Crippen MR) is 65.5 cm³/mol. The van der Waals surface area contributed by atoms with E-state index in [9.17, 15) is 0 Å². The summed E-state index contributed by atoms with van der Waals surface area (Å²) in [6.45, 7) is 5.89. The Kier molecular flexibility index (Phi) is 4.70. The molecule has 0 saturated heterocycles. The summed E-state index contributed by atoms with van der Waals surface area (Å²) in [5.41, 5.74) is 5.44. The highest BCUT2D eigenvalue weighted by molar-refractivity contribution is 6.28. The van der Waals surface area contributed by atoms with Crippen LogP contribution in [-0.4, -0.2) is 46.0 Å². The molecule has 7 heteroatoms. The van der Waals surface area contributed by atoms with Gasteiger partial charge in [0.25, 0.3) is 0 Å². The van der Waals surface area contributed by atoms with E-state index >= 15 is 0 Å². The van der Waals surface area contributed by atoms with Gasteiger partial charge >= 0.3 is 0 Å². The first-order valence-corrected chi connectivity index (χ1v) is 5.48. The predicted octanol–water partition coefficient (Wildman–Crippen LogP) is 0.859. The average molecular weight is 245 g/mol. The van der Waals surface area contributed by atoms with Crippen LogP contribution in [-0.2, 0) is 0 Å². The van der Waals surface area contributed by atoms with Crippen molar-refractivity contribution in [1.29, 1.82) is 0 Å². The van der Waals surface area contributed by atoms with Crippen molar-refractivity contribution < 1.29 is 0 Å². The van der Waals surface area contributed by atoms with Crippen LogP contribution in [0.5, 0.6) is 0 Å². The third kappa shape index (κ3) is 4.16. The van der Waals surface area contributed by atoms with Gasteiger partial charge < -0.3 is 16.0 Å². The number of anilines is 2. The van der Waals surface area contributed by atoms with Crippen molar-refractivity contribution in [2.24, 2.45) is 0 Å². The number of nitrogens with zero attached hydrogens (tertiary/aromatic N) is 4. The van der Waals surface area contributed by atoms with Gasteiger partial charge in [0.2, 0.25) is 17.2 Å². The number of likely N-dealkylation sites (N-methyl/N-ethyl adjacent to an activating group) is 1. The smallest absolute Gasteiger partial charge is 0.228 e. The molecule has 0 unspecified atom stereocenters. The standard InChI is InChI=1S/C9H17ClN6/c1-6(2)16(3)5-4-12-9-14-7(10)13-8(11)15-9/h6H,4-5H2,1-3H3,(H3,11,12,13,14,15). The number of aromatic nitrogens is 3. The van der Waals surface area contributed by atoms with Crippen LogP contribution in [0.1, 0.15) is 13.8 Å². The molecule has 6 nitrogen and oxygen atoms in total. The Morgan fingerprint density at radius 1 is 1.38 bits per heavy atom. The number of rotatable bonds is 5. The van der Waals surface area contributed by atoms with Gasteiger partial charge in [-0.2, -0.15) is 15.0 Å².